The third-order valence-corrected chi connectivity index (χ3v) is 4.33. The maximum absolute atomic E-state index is 12.4. The van der Waals surface area contributed by atoms with Crippen LogP contribution in [-0.4, -0.2) is 28.1 Å². The summed E-state index contributed by atoms with van der Waals surface area (Å²) >= 11 is 0. The van der Waals surface area contributed by atoms with Crippen molar-refractivity contribution in [1.29, 1.82) is 0 Å². The molecule has 0 spiro atoms. The summed E-state index contributed by atoms with van der Waals surface area (Å²) in [6, 6.07) is 17.1. The van der Waals surface area contributed by atoms with Crippen LogP contribution in [0.4, 0.5) is 5.69 Å². The molecule has 0 aliphatic heterocycles. The quantitative estimate of drug-likeness (QED) is 0.600. The summed E-state index contributed by atoms with van der Waals surface area (Å²) in [5, 5.41) is 2.87. The van der Waals surface area contributed by atoms with E-state index in [1.54, 1.807) is 6.33 Å². The zero-order chi connectivity index (χ0) is 19.8. The van der Waals surface area contributed by atoms with Crippen molar-refractivity contribution in [2.24, 2.45) is 5.73 Å². The number of imidazole rings is 1. The predicted octanol–water partition coefficient (Wildman–Crippen LogP) is 2.98. The molecule has 146 valence electrons. The number of nitrogens with one attached hydrogen (secondary N) is 1. The average molecular weight is 378 g/mol. The van der Waals surface area contributed by atoms with E-state index in [0.717, 1.165) is 17.8 Å². The minimum atomic E-state index is -0.671. The molecule has 0 fully saturated rings. The zero-order valence-corrected chi connectivity index (χ0v) is 16.0. The van der Waals surface area contributed by atoms with Crippen molar-refractivity contribution >= 4 is 11.6 Å². The van der Waals surface area contributed by atoms with Gasteiger partial charge in [-0.1, -0.05) is 42.5 Å². The lowest BCUT2D eigenvalue weighted by atomic mass is 10.1. The first kappa shape index (κ1) is 19.8. The van der Waals surface area contributed by atoms with Crippen molar-refractivity contribution in [2.75, 3.05) is 11.9 Å². The van der Waals surface area contributed by atoms with E-state index in [1.807, 2.05) is 60.2 Å². The minimum absolute atomic E-state index is 0.230. The van der Waals surface area contributed by atoms with Crippen LogP contribution in [0.5, 0.6) is 0 Å². The van der Waals surface area contributed by atoms with E-state index < -0.39 is 6.04 Å². The van der Waals surface area contributed by atoms with E-state index in [4.69, 9.17) is 10.5 Å². The van der Waals surface area contributed by atoms with E-state index in [0.29, 0.717) is 25.3 Å². The van der Waals surface area contributed by atoms with Crippen LogP contribution in [0.15, 0.2) is 67.1 Å². The van der Waals surface area contributed by atoms with Crippen molar-refractivity contribution in [2.45, 2.75) is 32.5 Å². The molecule has 0 aliphatic carbocycles. The number of rotatable bonds is 9. The van der Waals surface area contributed by atoms with Gasteiger partial charge in [0, 0.05) is 31.5 Å². The van der Waals surface area contributed by atoms with Crippen molar-refractivity contribution in [3.05, 3.63) is 83.9 Å². The largest absolute Gasteiger partial charge is 0.377 e. The highest BCUT2D eigenvalue weighted by Crippen LogP contribution is 2.13. The first-order valence-corrected chi connectivity index (χ1v) is 9.41. The Morgan fingerprint density at radius 3 is 2.75 bits per heavy atom. The van der Waals surface area contributed by atoms with Crippen LogP contribution in [0.2, 0.25) is 0 Å². The molecule has 6 nitrogen and oxygen atoms in total. The van der Waals surface area contributed by atoms with Gasteiger partial charge in [-0.3, -0.25) is 4.79 Å². The van der Waals surface area contributed by atoms with E-state index in [1.165, 1.54) is 5.56 Å². The van der Waals surface area contributed by atoms with Crippen molar-refractivity contribution in [1.82, 2.24) is 9.55 Å². The maximum Gasteiger partial charge on any atom is 0.241 e. The molecule has 2 aromatic carbocycles. The van der Waals surface area contributed by atoms with Crippen LogP contribution in [0.25, 0.3) is 0 Å². The fourth-order valence-corrected chi connectivity index (χ4v) is 2.90. The number of anilines is 1. The van der Waals surface area contributed by atoms with Crippen LogP contribution in [0.3, 0.4) is 0 Å². The van der Waals surface area contributed by atoms with Gasteiger partial charge >= 0.3 is 0 Å². The number of nitrogens with zero attached hydrogens (tertiary/aromatic N) is 2. The average Bonchev–Trinajstić information content (AvgIpc) is 3.14. The van der Waals surface area contributed by atoms with Gasteiger partial charge in [0.25, 0.3) is 0 Å². The normalized spacial score (nSPS) is 11.9. The number of ether oxygens (including phenoxy) is 1. The SMILES string of the molecule is CCOCc1cccc(NC(=O)[C@@H](N)Cc2cn(Cc3ccccc3)cn2)c1. The standard InChI is InChI=1S/C22H26N4O2/c1-2-28-15-18-9-6-10-19(11-18)25-22(27)21(23)12-20-14-26(16-24-20)13-17-7-4-3-5-8-17/h3-11,14,16,21H,2,12-13,15,23H2,1H3,(H,25,27)/t21-/m0/s1. The molecule has 3 aromatic rings. The Morgan fingerprint density at radius 2 is 1.96 bits per heavy atom. The number of benzene rings is 2. The predicted molar refractivity (Wildman–Crippen MR) is 110 cm³/mol. The molecular formula is C22H26N4O2. The van der Waals surface area contributed by atoms with E-state index in [9.17, 15) is 4.79 Å². The molecule has 0 saturated heterocycles. The van der Waals surface area contributed by atoms with Gasteiger partial charge in [-0.05, 0) is 30.2 Å². The van der Waals surface area contributed by atoms with Gasteiger partial charge in [-0.2, -0.15) is 0 Å². The number of nitrogens with two attached hydrogens (primary N) is 1. The zero-order valence-electron chi connectivity index (χ0n) is 16.0. The Morgan fingerprint density at radius 1 is 1.18 bits per heavy atom. The van der Waals surface area contributed by atoms with Gasteiger partial charge in [0.05, 0.1) is 24.7 Å². The fraction of sp³-hybridized carbons (Fsp3) is 0.273. The van der Waals surface area contributed by atoms with E-state index in [2.05, 4.69) is 22.4 Å². The number of hydrogen-bond acceptors (Lipinski definition) is 4. The number of aromatic nitrogens is 2. The number of carbonyl (C=O) groups excluding carboxylic acids is 1. The van der Waals surface area contributed by atoms with Gasteiger partial charge in [0.1, 0.15) is 0 Å². The Bertz CT molecular complexity index is 892. The molecule has 1 heterocycles. The highest BCUT2D eigenvalue weighted by Gasteiger charge is 2.16. The molecule has 1 amide bonds. The van der Waals surface area contributed by atoms with Gasteiger partial charge < -0.3 is 20.4 Å². The third kappa shape index (κ3) is 5.77. The van der Waals surface area contributed by atoms with Gasteiger partial charge in [-0.15, -0.1) is 0 Å². The van der Waals surface area contributed by atoms with E-state index in [-0.39, 0.29) is 5.91 Å². The van der Waals surface area contributed by atoms with Gasteiger partial charge in [-0.25, -0.2) is 4.98 Å². The molecule has 28 heavy (non-hydrogen) atoms. The number of amides is 1. The van der Waals surface area contributed by atoms with Crippen LogP contribution in [0, 0.1) is 0 Å². The van der Waals surface area contributed by atoms with Crippen LogP contribution < -0.4 is 11.1 Å². The van der Waals surface area contributed by atoms with E-state index >= 15 is 0 Å². The Labute approximate surface area is 165 Å². The molecule has 3 N–H and O–H groups in total. The van der Waals surface area contributed by atoms with Crippen LogP contribution >= 0.6 is 0 Å². The fourth-order valence-electron chi connectivity index (χ4n) is 2.90. The highest BCUT2D eigenvalue weighted by molar-refractivity contribution is 5.94. The minimum Gasteiger partial charge on any atom is -0.377 e. The second-order valence-electron chi connectivity index (χ2n) is 6.66. The highest BCUT2D eigenvalue weighted by atomic mass is 16.5. The summed E-state index contributed by atoms with van der Waals surface area (Å²) in [4.78, 5) is 16.8. The summed E-state index contributed by atoms with van der Waals surface area (Å²) < 4.78 is 7.40. The lowest BCUT2D eigenvalue weighted by Crippen LogP contribution is -2.37. The topological polar surface area (TPSA) is 82.2 Å². The molecule has 0 unspecified atom stereocenters. The van der Waals surface area contributed by atoms with Crippen molar-refractivity contribution < 1.29 is 9.53 Å². The molecule has 6 heteroatoms. The summed E-state index contributed by atoms with van der Waals surface area (Å²) in [6.07, 6.45) is 4.08. The van der Waals surface area contributed by atoms with Crippen LogP contribution in [0.1, 0.15) is 23.7 Å². The van der Waals surface area contributed by atoms with Gasteiger partial charge in [0.2, 0.25) is 5.91 Å². The monoisotopic (exact) mass is 378 g/mol. The molecule has 1 atom stereocenters. The smallest absolute Gasteiger partial charge is 0.241 e. The molecule has 3 rings (SSSR count). The second-order valence-corrected chi connectivity index (χ2v) is 6.66. The first-order valence-electron chi connectivity index (χ1n) is 9.41. The summed E-state index contributed by atoms with van der Waals surface area (Å²) in [5.41, 5.74) is 9.80. The second kappa shape index (κ2) is 9.82. The summed E-state index contributed by atoms with van der Waals surface area (Å²) in [6.45, 7) is 3.86. The number of carbonyl (C=O) groups is 1. The number of hydrogen-bond donors (Lipinski definition) is 2. The lowest BCUT2D eigenvalue weighted by Gasteiger charge is -2.12. The Kier molecular flexibility index (Phi) is 6.94. The molecule has 0 saturated carbocycles. The lowest BCUT2D eigenvalue weighted by molar-refractivity contribution is -0.117. The Hall–Kier alpha value is -2.96. The maximum atomic E-state index is 12.4. The Balaban J connectivity index is 1.54. The van der Waals surface area contributed by atoms with Crippen molar-refractivity contribution in [3.8, 4) is 0 Å². The summed E-state index contributed by atoms with van der Waals surface area (Å²) in [5.74, 6) is -0.230. The first-order chi connectivity index (χ1) is 13.6. The third-order valence-electron chi connectivity index (χ3n) is 4.33. The van der Waals surface area contributed by atoms with Crippen molar-refractivity contribution in [3.63, 3.8) is 0 Å². The molecule has 0 aliphatic rings. The van der Waals surface area contributed by atoms with Gasteiger partial charge in [0.15, 0.2) is 0 Å². The molecule has 0 radical (unpaired) electrons. The summed E-state index contributed by atoms with van der Waals surface area (Å²) in [7, 11) is 0. The van der Waals surface area contributed by atoms with Crippen LogP contribution in [-0.2, 0) is 29.1 Å². The molecule has 1 aromatic heterocycles. The molecule has 0 bridgehead atoms. The molecular weight excluding hydrogens is 352 g/mol.